The highest BCUT2D eigenvalue weighted by Crippen LogP contribution is 2.02. The van der Waals surface area contributed by atoms with Gasteiger partial charge >= 0.3 is 0 Å². The molecule has 0 saturated carbocycles. The average Bonchev–Trinajstić information content (AvgIpc) is 2.43. The Hall–Kier alpha value is -1.26. The molecule has 0 aliphatic heterocycles. The van der Waals surface area contributed by atoms with Crippen molar-refractivity contribution in [1.82, 2.24) is 16.0 Å². The zero-order valence-corrected chi connectivity index (χ0v) is 14.5. The van der Waals surface area contributed by atoms with Gasteiger partial charge in [-0.05, 0) is 39.0 Å². The third-order valence-electron chi connectivity index (χ3n) is 3.22. The number of carbonyl (C=O) groups is 1. The molecule has 0 aliphatic carbocycles. The molecular weight excluding hydrogens is 264 g/mol. The highest BCUT2D eigenvalue weighted by atomic mass is 16.1. The Morgan fingerprint density at radius 3 is 2.43 bits per heavy atom. The minimum Gasteiger partial charge on any atom is -0.357 e. The van der Waals surface area contributed by atoms with Crippen molar-refractivity contribution in [3.05, 3.63) is 0 Å². The van der Waals surface area contributed by atoms with Gasteiger partial charge in [0, 0.05) is 32.1 Å². The molecule has 0 aromatic rings. The number of hydrogen-bond acceptors (Lipinski definition) is 2. The maximum absolute atomic E-state index is 11.7. The van der Waals surface area contributed by atoms with Crippen molar-refractivity contribution in [2.24, 2.45) is 10.9 Å². The van der Waals surface area contributed by atoms with Gasteiger partial charge in [0.15, 0.2) is 5.96 Å². The van der Waals surface area contributed by atoms with Gasteiger partial charge < -0.3 is 16.0 Å². The summed E-state index contributed by atoms with van der Waals surface area (Å²) in [6.45, 7) is 12.8. The summed E-state index contributed by atoms with van der Waals surface area (Å²) in [5.74, 6) is 1.62. The van der Waals surface area contributed by atoms with E-state index in [4.69, 9.17) is 0 Å². The SMILES string of the molecule is CCNC(=NCCCC(C)C)NCCC(=O)NC(C)CC. The number of carbonyl (C=O) groups excluding carboxylic acids is 1. The standard InChI is InChI=1S/C16H34N4O/c1-6-14(5)20-15(21)10-12-19-16(17-7-2)18-11-8-9-13(3)4/h13-14H,6-12H2,1-5H3,(H,20,21)(H2,17,18,19). The highest BCUT2D eigenvalue weighted by Gasteiger charge is 2.05. The molecule has 5 heteroatoms. The van der Waals surface area contributed by atoms with Gasteiger partial charge in [-0.25, -0.2) is 0 Å². The van der Waals surface area contributed by atoms with Crippen LogP contribution in [0.5, 0.6) is 0 Å². The molecule has 0 bridgehead atoms. The number of guanidine groups is 1. The Morgan fingerprint density at radius 2 is 1.86 bits per heavy atom. The van der Waals surface area contributed by atoms with Gasteiger partial charge in [-0.3, -0.25) is 9.79 Å². The smallest absolute Gasteiger partial charge is 0.221 e. The molecule has 0 saturated heterocycles. The van der Waals surface area contributed by atoms with Gasteiger partial charge in [0.05, 0.1) is 0 Å². The fraction of sp³-hybridized carbons (Fsp3) is 0.875. The number of aliphatic imine (C=N–C) groups is 1. The summed E-state index contributed by atoms with van der Waals surface area (Å²) in [7, 11) is 0. The molecule has 0 rings (SSSR count). The van der Waals surface area contributed by atoms with Gasteiger partial charge in [-0.2, -0.15) is 0 Å². The lowest BCUT2D eigenvalue weighted by Crippen LogP contribution is -2.40. The minimum absolute atomic E-state index is 0.0903. The van der Waals surface area contributed by atoms with Gasteiger partial charge in [-0.1, -0.05) is 20.8 Å². The molecule has 1 amide bonds. The number of hydrogen-bond donors (Lipinski definition) is 3. The quantitative estimate of drug-likeness (QED) is 0.329. The summed E-state index contributed by atoms with van der Waals surface area (Å²) in [5.41, 5.74) is 0. The molecule has 21 heavy (non-hydrogen) atoms. The monoisotopic (exact) mass is 298 g/mol. The number of nitrogens with one attached hydrogen (secondary N) is 3. The molecule has 0 aliphatic rings. The van der Waals surface area contributed by atoms with Gasteiger partial charge in [0.1, 0.15) is 0 Å². The predicted molar refractivity (Wildman–Crippen MR) is 90.6 cm³/mol. The molecular formula is C16H34N4O. The minimum atomic E-state index is 0.0903. The summed E-state index contributed by atoms with van der Waals surface area (Å²) < 4.78 is 0. The second-order valence-electron chi connectivity index (χ2n) is 5.85. The molecule has 124 valence electrons. The summed E-state index contributed by atoms with van der Waals surface area (Å²) in [4.78, 5) is 16.2. The van der Waals surface area contributed by atoms with Crippen LogP contribution in [-0.4, -0.2) is 37.5 Å². The average molecular weight is 298 g/mol. The van der Waals surface area contributed by atoms with Crippen LogP contribution in [0.25, 0.3) is 0 Å². The Labute approximate surface area is 130 Å². The number of rotatable bonds is 10. The van der Waals surface area contributed by atoms with Crippen molar-refractivity contribution >= 4 is 11.9 Å². The van der Waals surface area contributed by atoms with E-state index in [9.17, 15) is 4.79 Å². The molecule has 5 nitrogen and oxygen atoms in total. The first-order valence-corrected chi connectivity index (χ1v) is 8.31. The van der Waals surface area contributed by atoms with E-state index in [1.165, 1.54) is 6.42 Å². The zero-order chi connectivity index (χ0) is 16.1. The van der Waals surface area contributed by atoms with E-state index in [2.05, 4.69) is 41.7 Å². The van der Waals surface area contributed by atoms with E-state index >= 15 is 0 Å². The van der Waals surface area contributed by atoms with Gasteiger partial charge in [0.2, 0.25) is 5.91 Å². The van der Waals surface area contributed by atoms with Crippen LogP contribution in [0.4, 0.5) is 0 Å². The molecule has 0 spiro atoms. The Morgan fingerprint density at radius 1 is 1.14 bits per heavy atom. The van der Waals surface area contributed by atoms with E-state index < -0.39 is 0 Å². The molecule has 1 unspecified atom stereocenters. The Bertz CT molecular complexity index is 303. The zero-order valence-electron chi connectivity index (χ0n) is 14.5. The normalized spacial score (nSPS) is 13.1. The van der Waals surface area contributed by atoms with Crippen LogP contribution in [0.3, 0.4) is 0 Å². The van der Waals surface area contributed by atoms with Crippen LogP contribution in [0.15, 0.2) is 4.99 Å². The van der Waals surface area contributed by atoms with E-state index in [1.807, 2.05) is 13.8 Å². The molecule has 0 aromatic heterocycles. The summed E-state index contributed by atoms with van der Waals surface area (Å²) in [6, 6.07) is 0.246. The molecule has 0 fully saturated rings. The Kier molecular flexibility index (Phi) is 11.7. The van der Waals surface area contributed by atoms with Crippen molar-refractivity contribution in [1.29, 1.82) is 0 Å². The van der Waals surface area contributed by atoms with Gasteiger partial charge in [-0.15, -0.1) is 0 Å². The molecule has 0 heterocycles. The second kappa shape index (κ2) is 12.5. The lowest BCUT2D eigenvalue weighted by molar-refractivity contribution is -0.121. The van der Waals surface area contributed by atoms with Crippen molar-refractivity contribution in [3.63, 3.8) is 0 Å². The molecule has 0 aromatic carbocycles. The highest BCUT2D eigenvalue weighted by molar-refractivity contribution is 5.81. The summed E-state index contributed by atoms with van der Waals surface area (Å²) in [5, 5.41) is 9.37. The first kappa shape index (κ1) is 19.7. The van der Waals surface area contributed by atoms with E-state index in [-0.39, 0.29) is 11.9 Å². The van der Waals surface area contributed by atoms with Gasteiger partial charge in [0.25, 0.3) is 0 Å². The number of nitrogens with zero attached hydrogens (tertiary/aromatic N) is 1. The maximum atomic E-state index is 11.7. The lowest BCUT2D eigenvalue weighted by Gasteiger charge is -2.13. The molecule has 1 atom stereocenters. The van der Waals surface area contributed by atoms with E-state index in [0.29, 0.717) is 13.0 Å². The van der Waals surface area contributed by atoms with Crippen molar-refractivity contribution < 1.29 is 4.79 Å². The third-order valence-corrected chi connectivity index (χ3v) is 3.22. The maximum Gasteiger partial charge on any atom is 0.221 e. The molecule has 0 radical (unpaired) electrons. The lowest BCUT2D eigenvalue weighted by atomic mass is 10.1. The Balaban J connectivity index is 3.97. The topological polar surface area (TPSA) is 65.5 Å². The fourth-order valence-corrected chi connectivity index (χ4v) is 1.78. The van der Waals surface area contributed by atoms with Crippen LogP contribution >= 0.6 is 0 Å². The first-order valence-electron chi connectivity index (χ1n) is 8.31. The van der Waals surface area contributed by atoms with Crippen molar-refractivity contribution in [3.8, 4) is 0 Å². The first-order chi connectivity index (χ1) is 9.99. The molecule has 3 N–H and O–H groups in total. The predicted octanol–water partition coefficient (Wildman–Crippen LogP) is 2.28. The van der Waals surface area contributed by atoms with Crippen LogP contribution < -0.4 is 16.0 Å². The fourth-order valence-electron chi connectivity index (χ4n) is 1.78. The van der Waals surface area contributed by atoms with Crippen LogP contribution in [-0.2, 0) is 4.79 Å². The van der Waals surface area contributed by atoms with Crippen LogP contribution in [0, 0.1) is 5.92 Å². The van der Waals surface area contributed by atoms with Crippen molar-refractivity contribution in [2.45, 2.75) is 66.3 Å². The van der Waals surface area contributed by atoms with E-state index in [1.54, 1.807) is 0 Å². The van der Waals surface area contributed by atoms with E-state index in [0.717, 1.165) is 37.8 Å². The van der Waals surface area contributed by atoms with Crippen molar-refractivity contribution in [2.75, 3.05) is 19.6 Å². The largest absolute Gasteiger partial charge is 0.357 e. The third kappa shape index (κ3) is 12.2. The van der Waals surface area contributed by atoms with Crippen LogP contribution in [0.1, 0.15) is 60.3 Å². The second-order valence-corrected chi connectivity index (χ2v) is 5.85. The summed E-state index contributed by atoms with van der Waals surface area (Å²) >= 11 is 0. The number of amides is 1. The van der Waals surface area contributed by atoms with Crippen LogP contribution in [0.2, 0.25) is 0 Å². The summed E-state index contributed by atoms with van der Waals surface area (Å²) in [6.07, 6.45) is 3.73.